The molecular weight excluding hydrogens is 262 g/mol. The first-order valence-electron chi connectivity index (χ1n) is 6.31. The quantitative estimate of drug-likeness (QED) is 0.579. The lowest BCUT2D eigenvalue weighted by Gasteiger charge is -2.18. The Balaban J connectivity index is 2.55. The van der Waals surface area contributed by atoms with E-state index in [4.69, 9.17) is 5.11 Å². The minimum Gasteiger partial charge on any atom is -0.393 e. The summed E-state index contributed by atoms with van der Waals surface area (Å²) in [5.74, 6) is -0.191. The maximum Gasteiger partial charge on any atom is 0.292 e. The number of hydrogen-bond donors (Lipinski definition) is 2. The lowest BCUT2D eigenvalue weighted by molar-refractivity contribution is -0.383. The second-order valence-electron chi connectivity index (χ2n) is 4.58. The van der Waals surface area contributed by atoms with Gasteiger partial charge < -0.3 is 15.3 Å². The Morgan fingerprint density at radius 3 is 2.75 bits per heavy atom. The number of nitro groups is 1. The summed E-state index contributed by atoms with van der Waals surface area (Å²) in [6.45, 7) is 2.07. The van der Waals surface area contributed by atoms with Crippen LogP contribution in [0.4, 0.5) is 11.4 Å². The molecule has 1 atom stereocenters. The van der Waals surface area contributed by atoms with Gasteiger partial charge in [-0.3, -0.25) is 14.9 Å². The van der Waals surface area contributed by atoms with Crippen LogP contribution in [0.2, 0.25) is 0 Å². The van der Waals surface area contributed by atoms with Crippen molar-refractivity contribution in [2.24, 2.45) is 0 Å². The Morgan fingerprint density at radius 1 is 1.50 bits per heavy atom. The van der Waals surface area contributed by atoms with Gasteiger partial charge >= 0.3 is 0 Å². The van der Waals surface area contributed by atoms with Crippen LogP contribution >= 0.6 is 0 Å². The topological polar surface area (TPSA) is 95.7 Å². The van der Waals surface area contributed by atoms with Crippen LogP contribution in [-0.4, -0.2) is 47.1 Å². The SMILES string of the molecule is CC(O)CCN(C)C(=O)CNc1ccccc1[N+](=O)[O-]. The molecule has 2 N–H and O–H groups in total. The molecule has 1 aromatic rings. The third kappa shape index (κ3) is 4.85. The molecule has 0 spiro atoms. The van der Waals surface area contributed by atoms with E-state index in [1.807, 2.05) is 0 Å². The monoisotopic (exact) mass is 281 g/mol. The van der Waals surface area contributed by atoms with Gasteiger partial charge in [-0.25, -0.2) is 0 Å². The van der Waals surface area contributed by atoms with Crippen LogP contribution in [0.25, 0.3) is 0 Å². The zero-order valence-corrected chi connectivity index (χ0v) is 11.6. The summed E-state index contributed by atoms with van der Waals surface area (Å²) in [4.78, 5) is 23.6. The van der Waals surface area contributed by atoms with Gasteiger partial charge in [0, 0.05) is 19.7 Å². The smallest absolute Gasteiger partial charge is 0.292 e. The number of nitrogens with one attached hydrogen (secondary N) is 1. The molecule has 7 nitrogen and oxygen atoms in total. The number of rotatable bonds is 7. The first-order valence-corrected chi connectivity index (χ1v) is 6.31. The van der Waals surface area contributed by atoms with Crippen molar-refractivity contribution in [1.82, 2.24) is 4.90 Å². The predicted octanol–water partition coefficient (Wildman–Crippen LogP) is 1.24. The van der Waals surface area contributed by atoms with Crippen molar-refractivity contribution >= 4 is 17.3 Å². The molecule has 1 amide bonds. The van der Waals surface area contributed by atoms with E-state index >= 15 is 0 Å². The summed E-state index contributed by atoms with van der Waals surface area (Å²) >= 11 is 0. The first-order chi connectivity index (χ1) is 9.41. The molecule has 20 heavy (non-hydrogen) atoms. The molecule has 1 rings (SSSR count). The molecule has 1 aromatic carbocycles. The molecule has 0 bridgehead atoms. The number of anilines is 1. The second-order valence-corrected chi connectivity index (χ2v) is 4.58. The van der Waals surface area contributed by atoms with Gasteiger partial charge in [0.1, 0.15) is 5.69 Å². The van der Waals surface area contributed by atoms with Crippen molar-refractivity contribution < 1.29 is 14.8 Å². The lowest BCUT2D eigenvalue weighted by Crippen LogP contribution is -2.34. The summed E-state index contributed by atoms with van der Waals surface area (Å²) in [6, 6.07) is 6.17. The first kappa shape index (κ1) is 15.9. The van der Waals surface area contributed by atoms with E-state index < -0.39 is 11.0 Å². The van der Waals surface area contributed by atoms with Crippen LogP contribution in [0.15, 0.2) is 24.3 Å². The van der Waals surface area contributed by atoms with Crippen LogP contribution in [-0.2, 0) is 4.79 Å². The number of amides is 1. The highest BCUT2D eigenvalue weighted by molar-refractivity contribution is 5.81. The number of nitrogens with zero attached hydrogens (tertiary/aromatic N) is 2. The van der Waals surface area contributed by atoms with Crippen molar-refractivity contribution in [3.63, 3.8) is 0 Å². The Kier molecular flexibility index (Phi) is 5.92. The molecule has 0 aromatic heterocycles. The molecule has 110 valence electrons. The van der Waals surface area contributed by atoms with Crippen LogP contribution < -0.4 is 5.32 Å². The Labute approximate surface area is 117 Å². The Morgan fingerprint density at radius 2 is 2.15 bits per heavy atom. The summed E-state index contributed by atoms with van der Waals surface area (Å²) < 4.78 is 0. The molecule has 0 saturated heterocycles. The highest BCUT2D eigenvalue weighted by Crippen LogP contribution is 2.22. The summed E-state index contributed by atoms with van der Waals surface area (Å²) in [5, 5.41) is 22.7. The minimum absolute atomic E-state index is 0.0266. The molecule has 0 heterocycles. The number of carbonyl (C=O) groups is 1. The van der Waals surface area contributed by atoms with E-state index in [1.54, 1.807) is 32.2 Å². The van der Waals surface area contributed by atoms with Crippen molar-refractivity contribution in [2.75, 3.05) is 25.5 Å². The van der Waals surface area contributed by atoms with Gasteiger partial charge in [0.05, 0.1) is 17.6 Å². The number of carbonyl (C=O) groups excluding carboxylic acids is 1. The zero-order valence-electron chi connectivity index (χ0n) is 11.6. The van der Waals surface area contributed by atoms with E-state index in [-0.39, 0.29) is 18.1 Å². The van der Waals surface area contributed by atoms with Gasteiger partial charge in [-0.2, -0.15) is 0 Å². The summed E-state index contributed by atoms with van der Waals surface area (Å²) in [5.41, 5.74) is 0.252. The van der Waals surface area contributed by atoms with E-state index in [2.05, 4.69) is 5.32 Å². The van der Waals surface area contributed by atoms with Gasteiger partial charge in [0.15, 0.2) is 0 Å². The fourth-order valence-electron chi connectivity index (χ4n) is 1.59. The number of aliphatic hydroxyl groups excluding tert-OH is 1. The number of aliphatic hydroxyl groups is 1. The largest absolute Gasteiger partial charge is 0.393 e. The number of hydrogen-bond acceptors (Lipinski definition) is 5. The molecule has 0 radical (unpaired) electrons. The maximum atomic E-state index is 11.8. The van der Waals surface area contributed by atoms with Gasteiger partial charge in [0.2, 0.25) is 5.91 Å². The standard InChI is InChI=1S/C13H19N3O4/c1-10(17)7-8-15(2)13(18)9-14-11-5-3-4-6-12(11)16(19)20/h3-6,10,14,17H,7-9H2,1-2H3. The third-order valence-electron chi connectivity index (χ3n) is 2.84. The third-order valence-corrected chi connectivity index (χ3v) is 2.84. The second kappa shape index (κ2) is 7.44. The summed E-state index contributed by atoms with van der Waals surface area (Å²) in [7, 11) is 1.63. The zero-order chi connectivity index (χ0) is 15.1. The van der Waals surface area contributed by atoms with Crippen molar-refractivity contribution in [2.45, 2.75) is 19.4 Å². The van der Waals surface area contributed by atoms with Crippen molar-refractivity contribution in [1.29, 1.82) is 0 Å². The number of nitro benzene ring substituents is 1. The van der Waals surface area contributed by atoms with Gasteiger partial charge in [0.25, 0.3) is 5.69 Å². The number of benzene rings is 1. The minimum atomic E-state index is -0.496. The van der Waals surface area contributed by atoms with E-state index in [0.29, 0.717) is 18.7 Å². The van der Waals surface area contributed by atoms with Crippen LogP contribution in [0, 0.1) is 10.1 Å². The lowest BCUT2D eigenvalue weighted by atomic mass is 10.2. The fourth-order valence-corrected chi connectivity index (χ4v) is 1.59. The maximum absolute atomic E-state index is 11.8. The molecule has 0 fully saturated rings. The highest BCUT2D eigenvalue weighted by Gasteiger charge is 2.14. The predicted molar refractivity (Wildman–Crippen MR) is 75.5 cm³/mol. The fraction of sp³-hybridized carbons (Fsp3) is 0.462. The molecule has 0 aliphatic heterocycles. The molecule has 0 aliphatic rings. The molecular formula is C13H19N3O4. The molecule has 0 aliphatic carbocycles. The van der Waals surface area contributed by atoms with Gasteiger partial charge in [-0.1, -0.05) is 12.1 Å². The highest BCUT2D eigenvalue weighted by atomic mass is 16.6. The van der Waals surface area contributed by atoms with Crippen molar-refractivity contribution in [3.8, 4) is 0 Å². The normalized spacial score (nSPS) is 11.8. The van der Waals surface area contributed by atoms with E-state index in [0.717, 1.165) is 0 Å². The van der Waals surface area contributed by atoms with Crippen LogP contribution in [0.1, 0.15) is 13.3 Å². The Hall–Kier alpha value is -2.15. The molecule has 1 unspecified atom stereocenters. The van der Waals surface area contributed by atoms with Crippen LogP contribution in [0.3, 0.4) is 0 Å². The van der Waals surface area contributed by atoms with E-state index in [9.17, 15) is 14.9 Å². The average molecular weight is 281 g/mol. The average Bonchev–Trinajstić information content (AvgIpc) is 2.42. The molecule has 0 saturated carbocycles. The van der Waals surface area contributed by atoms with Crippen LogP contribution in [0.5, 0.6) is 0 Å². The summed E-state index contributed by atoms with van der Waals surface area (Å²) in [6.07, 6.45) is 0.0293. The number of likely N-dealkylation sites (N-methyl/N-ethyl adjacent to an activating group) is 1. The van der Waals surface area contributed by atoms with E-state index in [1.165, 1.54) is 11.0 Å². The van der Waals surface area contributed by atoms with Gasteiger partial charge in [-0.15, -0.1) is 0 Å². The number of para-hydroxylation sites is 2. The molecule has 7 heteroatoms. The Bertz CT molecular complexity index is 476. The van der Waals surface area contributed by atoms with Crippen molar-refractivity contribution in [3.05, 3.63) is 34.4 Å². The van der Waals surface area contributed by atoms with Gasteiger partial charge in [-0.05, 0) is 19.4 Å².